The molecule has 4 nitrogen and oxygen atoms in total. The number of hydrogen-bond acceptors (Lipinski definition) is 5. The van der Waals surface area contributed by atoms with Crippen LogP contribution in [-0.2, 0) is 9.59 Å². The molecule has 0 fully saturated rings. The Labute approximate surface area is 142 Å². The molecule has 0 saturated heterocycles. The van der Waals surface area contributed by atoms with Gasteiger partial charge in [-0.25, -0.2) is 0 Å². The van der Waals surface area contributed by atoms with Crippen molar-refractivity contribution in [3.63, 3.8) is 0 Å². The predicted molar refractivity (Wildman–Crippen MR) is 98.7 cm³/mol. The van der Waals surface area contributed by atoms with Gasteiger partial charge < -0.3 is 24.9 Å². The first kappa shape index (κ1) is 32.5. The summed E-state index contributed by atoms with van der Waals surface area (Å²) in [7, 11) is 0. The number of nitrogens with two attached hydrogens (primary N) is 1. The smallest absolute Gasteiger partial charge is 0.244 e. The number of thioether (sulfide) groups is 2. The molecule has 0 atom stereocenters. The molecule has 0 aliphatic carbocycles. The Balaban J connectivity index is -0.0000000725. The van der Waals surface area contributed by atoms with Crippen LogP contribution in [0.15, 0.2) is 25.3 Å². The first-order chi connectivity index (χ1) is 9.99. The summed E-state index contributed by atoms with van der Waals surface area (Å²) in [6, 6.07) is 0. The molecule has 128 valence electrons. The summed E-state index contributed by atoms with van der Waals surface area (Å²) >= 11 is 8.18. The van der Waals surface area contributed by atoms with E-state index < -0.39 is 5.24 Å². The molecule has 3 N–H and O–H groups in total. The minimum atomic E-state index is -0.509. The number of halogens is 1. The molecule has 0 saturated carbocycles. The van der Waals surface area contributed by atoms with Gasteiger partial charge in [-0.2, -0.15) is 23.5 Å². The molecule has 0 aromatic heterocycles. The average Bonchev–Trinajstić information content (AvgIpc) is 2.50. The van der Waals surface area contributed by atoms with Gasteiger partial charge in [-0.1, -0.05) is 13.2 Å². The summed E-state index contributed by atoms with van der Waals surface area (Å²) < 4.78 is 0. The molecule has 23 heavy (non-hydrogen) atoms. The van der Waals surface area contributed by atoms with Gasteiger partial charge in [0.15, 0.2) is 0 Å². The third-order valence-electron chi connectivity index (χ3n) is 1.44. The van der Waals surface area contributed by atoms with E-state index in [9.17, 15) is 9.59 Å². The van der Waals surface area contributed by atoms with Crippen molar-refractivity contribution in [3.8, 4) is 0 Å². The van der Waals surface area contributed by atoms with Crippen molar-refractivity contribution >= 4 is 46.3 Å². The fourth-order valence-corrected chi connectivity index (χ4v) is 1.43. The molecular weight excluding hydrogens is 862 g/mol. The number of amides is 1. The van der Waals surface area contributed by atoms with E-state index in [2.05, 4.69) is 32.3 Å². The van der Waals surface area contributed by atoms with Gasteiger partial charge in [-0.3, -0.25) is 9.59 Å². The monoisotopic (exact) mass is 886 g/mol. The topological polar surface area (TPSA) is 72.2 Å². The van der Waals surface area contributed by atoms with E-state index in [1.54, 1.807) is 23.5 Å². The van der Waals surface area contributed by atoms with Gasteiger partial charge in [0, 0.05) is 24.6 Å². The molecule has 0 spiro atoms. The van der Waals surface area contributed by atoms with Gasteiger partial charge >= 0.3 is 0 Å². The van der Waals surface area contributed by atoms with Crippen LogP contribution in [0, 0.1) is 13.8 Å². The first-order valence-electron chi connectivity index (χ1n) is 6.16. The molecule has 0 rings (SSSR count). The largest absolute Gasteiger partial charge is 0.352 e. The van der Waals surface area contributed by atoms with Crippen LogP contribution >= 0.6 is 35.1 Å². The SMILES string of the molecule is C=CC(=O)Cl.C=CC(=O)NCCSC[CH2-].[CH2-]CSCCN.[Rf].[Rf]. The van der Waals surface area contributed by atoms with Crippen molar-refractivity contribution in [1.82, 2.24) is 5.32 Å². The van der Waals surface area contributed by atoms with Crippen LogP contribution in [0.25, 0.3) is 0 Å². The van der Waals surface area contributed by atoms with Crippen molar-refractivity contribution in [2.45, 2.75) is 0 Å². The molecule has 0 aliphatic heterocycles. The molecular formula is C14H25ClN2O2Rf2S2-2. The van der Waals surface area contributed by atoms with Gasteiger partial charge in [0.2, 0.25) is 11.1 Å². The predicted octanol–water partition coefficient (Wildman–Crippen LogP) is 2.31. The van der Waals surface area contributed by atoms with Gasteiger partial charge in [0.25, 0.3) is 0 Å². The normalized spacial score (nSPS) is 7.65. The Morgan fingerprint density at radius 3 is 1.78 bits per heavy atom. The Bertz CT molecular complexity index is 284. The Hall–Kier alpha value is -2.43. The van der Waals surface area contributed by atoms with Gasteiger partial charge in [0.1, 0.15) is 0 Å². The van der Waals surface area contributed by atoms with Crippen molar-refractivity contribution in [2.75, 3.05) is 36.1 Å². The number of nitrogens with one attached hydrogen (secondary N) is 1. The van der Waals surface area contributed by atoms with E-state index in [1.165, 1.54) is 6.08 Å². The van der Waals surface area contributed by atoms with Crippen molar-refractivity contribution in [1.29, 1.82) is 0 Å². The Kier molecular flexibility index (Phi) is 44.9. The fourth-order valence-electron chi connectivity index (χ4n) is 0.606. The maximum absolute atomic E-state index is 10.5. The van der Waals surface area contributed by atoms with Crippen LogP contribution in [-0.4, -0.2) is 47.3 Å². The summed E-state index contributed by atoms with van der Waals surface area (Å²) in [5.74, 6) is 3.65. The zero-order valence-electron chi connectivity index (χ0n) is 13.7. The molecule has 0 heterocycles. The molecule has 0 unspecified atom stereocenters. The molecule has 0 aromatic carbocycles. The Morgan fingerprint density at radius 2 is 1.52 bits per heavy atom. The average molecular weight is 887 g/mol. The quantitative estimate of drug-likeness (QED) is 0.161. The maximum Gasteiger partial charge on any atom is 0.244 e. The molecule has 0 bridgehead atoms. The van der Waals surface area contributed by atoms with Crippen molar-refractivity contribution in [3.05, 3.63) is 39.2 Å². The Morgan fingerprint density at radius 1 is 1.09 bits per heavy atom. The van der Waals surface area contributed by atoms with Gasteiger partial charge in [-0.05, 0) is 23.8 Å². The number of rotatable bonds is 9. The maximum atomic E-state index is 10.5. The second kappa shape index (κ2) is 31.8. The fraction of sp³-hybridized carbons (Fsp3) is 0.429. The third-order valence-corrected chi connectivity index (χ3v) is 3.19. The number of allylic oxidation sites excluding steroid dienone is 1. The van der Waals surface area contributed by atoms with E-state index in [-0.39, 0.29) is 5.91 Å². The summed E-state index contributed by atoms with van der Waals surface area (Å²) in [4.78, 5) is 20.0. The van der Waals surface area contributed by atoms with E-state index in [1.807, 2.05) is 0 Å². The van der Waals surface area contributed by atoms with Crippen LogP contribution in [0.2, 0.25) is 0 Å². The minimum absolute atomic E-state index is 0. The number of carbonyl (C=O) groups excluding carboxylic acids is 2. The summed E-state index contributed by atoms with van der Waals surface area (Å²) in [6.45, 7) is 15.2. The zero-order chi connectivity index (χ0) is 16.9. The van der Waals surface area contributed by atoms with Crippen LogP contribution in [0.1, 0.15) is 0 Å². The second-order valence-corrected chi connectivity index (χ2v) is 5.84. The van der Waals surface area contributed by atoms with Gasteiger partial charge in [0.05, 0.1) is 0 Å². The number of hydrogen-bond donors (Lipinski definition) is 2. The third kappa shape index (κ3) is 54.1. The van der Waals surface area contributed by atoms with Gasteiger partial charge in [-0.15, -0.1) is 11.5 Å². The molecule has 9 heteroatoms. The minimum Gasteiger partial charge on any atom is -0.352 e. The summed E-state index contributed by atoms with van der Waals surface area (Å²) in [5.41, 5.74) is 5.17. The summed E-state index contributed by atoms with van der Waals surface area (Å²) in [5, 5.41) is 2.15. The van der Waals surface area contributed by atoms with Crippen LogP contribution in [0.3, 0.4) is 0 Å². The van der Waals surface area contributed by atoms with E-state index in [4.69, 9.17) is 17.3 Å². The number of carbonyl (C=O) groups is 2. The van der Waals surface area contributed by atoms with E-state index in [0.717, 1.165) is 35.6 Å². The molecule has 1 amide bonds. The second-order valence-electron chi connectivity index (χ2n) is 3.02. The summed E-state index contributed by atoms with van der Waals surface area (Å²) in [6.07, 6.45) is 2.32. The van der Waals surface area contributed by atoms with E-state index >= 15 is 0 Å². The first-order valence-corrected chi connectivity index (χ1v) is 8.84. The molecule has 0 radical (unpaired) electrons. The van der Waals surface area contributed by atoms with Crippen molar-refractivity contribution in [2.24, 2.45) is 5.73 Å². The van der Waals surface area contributed by atoms with E-state index in [0.29, 0.717) is 6.54 Å². The van der Waals surface area contributed by atoms with Crippen LogP contribution in [0.4, 0.5) is 0 Å². The standard InChI is InChI=1S/C7H12NOS.C4H10NS.C3H3ClO.2Rf/c1-3-7(9)8-5-6-10-4-2;1-2-6-4-3-5;1-2-3(4)5;;/h3H,1-2,4-6H2,(H,8,9);1-5H2;2H,1H2;;/q2*-1;;;. The molecule has 0 aliphatic rings. The van der Waals surface area contributed by atoms with Crippen molar-refractivity contribution < 1.29 is 9.59 Å². The molecule has 0 aromatic rings. The zero-order valence-corrected chi connectivity index (χ0v) is 28.9. The van der Waals surface area contributed by atoms with Crippen LogP contribution in [0.5, 0.6) is 0 Å². The van der Waals surface area contributed by atoms with Crippen LogP contribution < -0.4 is 11.1 Å².